The van der Waals surface area contributed by atoms with Crippen molar-refractivity contribution in [2.24, 2.45) is 13.0 Å². The van der Waals surface area contributed by atoms with Gasteiger partial charge in [-0.1, -0.05) is 13.8 Å². The predicted octanol–water partition coefficient (Wildman–Crippen LogP) is 1.17. The SMILES string of the molecule is CC(C)C[C@@H](NS(=O)(=O)c1ccc(OCc2ncnn2C)cc1)C(=O)O. The normalized spacial score (nSPS) is 12.9. The minimum atomic E-state index is -3.94. The van der Waals surface area contributed by atoms with Crippen LogP contribution in [0, 0.1) is 5.92 Å². The summed E-state index contributed by atoms with van der Waals surface area (Å²) >= 11 is 0. The second-order valence-electron chi connectivity index (χ2n) is 6.20. The minimum Gasteiger partial charge on any atom is -0.486 e. The molecule has 10 heteroatoms. The molecule has 0 unspecified atom stereocenters. The van der Waals surface area contributed by atoms with E-state index in [9.17, 15) is 18.3 Å². The summed E-state index contributed by atoms with van der Waals surface area (Å²) in [5.74, 6) is -0.0774. The highest BCUT2D eigenvalue weighted by molar-refractivity contribution is 7.89. The Balaban J connectivity index is 2.05. The third-order valence-corrected chi connectivity index (χ3v) is 5.10. The molecule has 1 aromatic carbocycles. The smallest absolute Gasteiger partial charge is 0.321 e. The highest BCUT2D eigenvalue weighted by Gasteiger charge is 2.26. The summed E-state index contributed by atoms with van der Waals surface area (Å²) in [5, 5.41) is 13.1. The van der Waals surface area contributed by atoms with Crippen molar-refractivity contribution < 1.29 is 23.1 Å². The molecule has 0 aliphatic heterocycles. The van der Waals surface area contributed by atoms with Crippen LogP contribution in [0.25, 0.3) is 0 Å². The van der Waals surface area contributed by atoms with E-state index < -0.39 is 22.0 Å². The standard InChI is InChI=1S/C16H22N4O5S/c1-11(2)8-14(16(21)22)19-26(23,24)13-6-4-12(5-7-13)25-9-15-17-10-18-20(15)3/h4-7,10-11,14,19H,8-9H2,1-3H3,(H,21,22)/t14-/m1/s1. The molecule has 0 amide bonds. The summed E-state index contributed by atoms with van der Waals surface area (Å²) in [7, 11) is -2.21. The molecule has 0 aliphatic carbocycles. The summed E-state index contributed by atoms with van der Waals surface area (Å²) in [6.45, 7) is 3.84. The van der Waals surface area contributed by atoms with Crippen LogP contribution in [0.4, 0.5) is 0 Å². The molecule has 2 rings (SSSR count). The maximum Gasteiger partial charge on any atom is 0.321 e. The molecule has 1 aromatic heterocycles. The number of aromatic nitrogens is 3. The summed E-state index contributed by atoms with van der Waals surface area (Å²) in [6.07, 6.45) is 1.61. The first-order chi connectivity index (χ1) is 12.2. The maximum atomic E-state index is 12.4. The van der Waals surface area contributed by atoms with Gasteiger partial charge in [0, 0.05) is 7.05 Å². The topological polar surface area (TPSA) is 123 Å². The Morgan fingerprint density at radius 1 is 1.31 bits per heavy atom. The molecule has 9 nitrogen and oxygen atoms in total. The highest BCUT2D eigenvalue weighted by atomic mass is 32.2. The zero-order chi connectivity index (χ0) is 19.3. The van der Waals surface area contributed by atoms with E-state index in [1.807, 2.05) is 13.8 Å². The molecule has 0 aliphatic rings. The number of carboxylic acid groups (broad SMARTS) is 1. The number of hydrogen-bond acceptors (Lipinski definition) is 6. The Morgan fingerprint density at radius 3 is 2.46 bits per heavy atom. The third-order valence-electron chi connectivity index (χ3n) is 3.61. The number of carbonyl (C=O) groups is 1. The lowest BCUT2D eigenvalue weighted by atomic mass is 10.1. The average Bonchev–Trinajstić information content (AvgIpc) is 2.97. The summed E-state index contributed by atoms with van der Waals surface area (Å²) in [5.41, 5.74) is 0. The Kier molecular flexibility index (Phi) is 6.32. The number of aryl methyl sites for hydroxylation is 1. The van der Waals surface area contributed by atoms with Crippen LogP contribution in [0.3, 0.4) is 0 Å². The Hall–Kier alpha value is -2.46. The van der Waals surface area contributed by atoms with Crippen LogP contribution >= 0.6 is 0 Å². The van der Waals surface area contributed by atoms with Gasteiger partial charge >= 0.3 is 5.97 Å². The maximum absolute atomic E-state index is 12.4. The van der Waals surface area contributed by atoms with E-state index in [4.69, 9.17) is 4.74 Å². The van der Waals surface area contributed by atoms with Gasteiger partial charge in [0.15, 0.2) is 5.82 Å². The fraction of sp³-hybridized carbons (Fsp3) is 0.438. The number of aliphatic carboxylic acids is 1. The van der Waals surface area contributed by atoms with E-state index in [0.29, 0.717) is 11.6 Å². The Bertz CT molecular complexity index is 846. The minimum absolute atomic E-state index is 0.0292. The Morgan fingerprint density at radius 2 is 1.96 bits per heavy atom. The number of sulfonamides is 1. The quantitative estimate of drug-likeness (QED) is 0.667. The molecule has 0 radical (unpaired) electrons. The van der Waals surface area contributed by atoms with E-state index in [1.165, 1.54) is 30.6 Å². The number of benzene rings is 1. The van der Waals surface area contributed by atoms with E-state index in [-0.39, 0.29) is 23.8 Å². The van der Waals surface area contributed by atoms with Crippen LogP contribution in [-0.4, -0.2) is 40.3 Å². The van der Waals surface area contributed by atoms with Gasteiger partial charge in [0.2, 0.25) is 10.0 Å². The van der Waals surface area contributed by atoms with Crippen molar-refractivity contribution >= 4 is 16.0 Å². The largest absolute Gasteiger partial charge is 0.486 e. The third kappa shape index (κ3) is 5.27. The zero-order valence-electron chi connectivity index (χ0n) is 14.8. The first-order valence-corrected chi connectivity index (χ1v) is 9.48. The molecular weight excluding hydrogens is 360 g/mol. The fourth-order valence-electron chi connectivity index (χ4n) is 2.24. The molecule has 0 fully saturated rings. The second-order valence-corrected chi connectivity index (χ2v) is 7.92. The molecule has 0 saturated heterocycles. The number of carboxylic acids is 1. The number of ether oxygens (including phenoxy) is 1. The fourth-order valence-corrected chi connectivity index (χ4v) is 3.44. The van der Waals surface area contributed by atoms with Crippen LogP contribution < -0.4 is 9.46 Å². The van der Waals surface area contributed by atoms with Gasteiger partial charge in [0.05, 0.1) is 4.90 Å². The van der Waals surface area contributed by atoms with Gasteiger partial charge in [-0.2, -0.15) is 9.82 Å². The van der Waals surface area contributed by atoms with Gasteiger partial charge in [-0.3, -0.25) is 9.48 Å². The molecule has 26 heavy (non-hydrogen) atoms. The predicted molar refractivity (Wildman–Crippen MR) is 93.0 cm³/mol. The van der Waals surface area contributed by atoms with Crippen molar-refractivity contribution in [3.8, 4) is 5.75 Å². The van der Waals surface area contributed by atoms with Gasteiger partial charge < -0.3 is 9.84 Å². The van der Waals surface area contributed by atoms with Crippen LogP contribution in [0.2, 0.25) is 0 Å². The number of rotatable bonds is 9. The molecule has 2 N–H and O–H groups in total. The van der Waals surface area contributed by atoms with Crippen LogP contribution in [0.15, 0.2) is 35.5 Å². The van der Waals surface area contributed by atoms with Crippen molar-refractivity contribution in [3.05, 3.63) is 36.4 Å². The number of nitrogens with one attached hydrogen (secondary N) is 1. The summed E-state index contributed by atoms with van der Waals surface area (Å²) in [4.78, 5) is 15.3. The van der Waals surface area contributed by atoms with Crippen LogP contribution in [0.5, 0.6) is 5.75 Å². The van der Waals surface area contributed by atoms with Gasteiger partial charge in [0.1, 0.15) is 24.7 Å². The first kappa shape index (κ1) is 19.9. The van der Waals surface area contributed by atoms with Crippen LogP contribution in [0.1, 0.15) is 26.1 Å². The van der Waals surface area contributed by atoms with Gasteiger partial charge in [-0.25, -0.2) is 13.4 Å². The van der Waals surface area contributed by atoms with Crippen LogP contribution in [-0.2, 0) is 28.5 Å². The lowest BCUT2D eigenvalue weighted by molar-refractivity contribution is -0.139. The molecule has 1 atom stereocenters. The van der Waals surface area contributed by atoms with Gasteiger partial charge in [0.25, 0.3) is 0 Å². The summed E-state index contributed by atoms with van der Waals surface area (Å²) in [6, 6.07) is 4.56. The lowest BCUT2D eigenvalue weighted by Crippen LogP contribution is -2.41. The zero-order valence-corrected chi connectivity index (χ0v) is 15.6. The first-order valence-electron chi connectivity index (χ1n) is 8.00. The molecule has 0 saturated carbocycles. The molecule has 0 spiro atoms. The van der Waals surface area contributed by atoms with E-state index in [0.717, 1.165) is 0 Å². The Labute approximate surface area is 152 Å². The van der Waals surface area contributed by atoms with Gasteiger partial charge in [-0.05, 0) is 36.6 Å². The molecular formula is C16H22N4O5S. The van der Waals surface area contributed by atoms with Crippen molar-refractivity contribution in [2.45, 2.75) is 37.8 Å². The molecule has 1 heterocycles. The van der Waals surface area contributed by atoms with Crippen molar-refractivity contribution in [2.75, 3.05) is 0 Å². The van der Waals surface area contributed by atoms with E-state index in [2.05, 4.69) is 14.8 Å². The average molecular weight is 382 g/mol. The number of nitrogens with zero attached hydrogens (tertiary/aromatic N) is 3. The molecule has 142 valence electrons. The number of hydrogen-bond donors (Lipinski definition) is 2. The van der Waals surface area contributed by atoms with E-state index >= 15 is 0 Å². The van der Waals surface area contributed by atoms with Gasteiger partial charge in [-0.15, -0.1) is 0 Å². The highest BCUT2D eigenvalue weighted by Crippen LogP contribution is 2.18. The molecule has 2 aromatic rings. The summed E-state index contributed by atoms with van der Waals surface area (Å²) < 4.78 is 34.1. The monoisotopic (exact) mass is 382 g/mol. The second kappa shape index (κ2) is 8.28. The molecule has 0 bridgehead atoms. The van der Waals surface area contributed by atoms with Crippen molar-refractivity contribution in [1.29, 1.82) is 0 Å². The lowest BCUT2D eigenvalue weighted by Gasteiger charge is -2.16. The van der Waals surface area contributed by atoms with Crippen molar-refractivity contribution in [1.82, 2.24) is 19.5 Å². The van der Waals surface area contributed by atoms with Crippen molar-refractivity contribution in [3.63, 3.8) is 0 Å². The van der Waals surface area contributed by atoms with E-state index in [1.54, 1.807) is 11.7 Å².